The second-order valence-corrected chi connectivity index (χ2v) is 3.62. The van der Waals surface area contributed by atoms with Gasteiger partial charge in [-0.3, -0.25) is 0 Å². The Morgan fingerprint density at radius 1 is 1.18 bits per heavy atom. The van der Waals surface area contributed by atoms with Crippen molar-refractivity contribution in [1.82, 2.24) is 4.90 Å². The van der Waals surface area contributed by atoms with Crippen molar-refractivity contribution in [1.29, 1.82) is 0 Å². The highest BCUT2D eigenvalue weighted by molar-refractivity contribution is 4.83. The van der Waals surface area contributed by atoms with Crippen LogP contribution >= 0.6 is 0 Å². The zero-order valence-corrected chi connectivity index (χ0v) is 7.58. The van der Waals surface area contributed by atoms with Crippen LogP contribution in [-0.4, -0.2) is 36.8 Å². The maximum absolute atomic E-state index is 7.00. The summed E-state index contributed by atoms with van der Waals surface area (Å²) in [4.78, 5) is 2.60. The molecule has 0 spiro atoms. The number of nitrogens with zero attached hydrogens (tertiary/aromatic N) is 1. The summed E-state index contributed by atoms with van der Waals surface area (Å²) in [6.45, 7) is 6.55. The Kier molecular flexibility index (Phi) is 3.34. The maximum atomic E-state index is 7.00. The average molecular weight is 157 g/mol. The minimum absolute atomic E-state index is 0.993. The molecule has 11 heavy (non-hydrogen) atoms. The fraction of sp³-hybridized carbons (Fsp3) is 1.00. The van der Waals surface area contributed by atoms with Gasteiger partial charge in [0.2, 0.25) is 0 Å². The fourth-order valence-electron chi connectivity index (χ4n) is 2.26. The van der Waals surface area contributed by atoms with Crippen LogP contribution in [0.3, 0.4) is 0 Å². The highest BCUT2D eigenvalue weighted by atomic mass is 16.2. The summed E-state index contributed by atoms with van der Waals surface area (Å²) in [5, 5.41) is 7.00. The molecule has 1 N–H and O–H groups in total. The highest BCUT2D eigenvalue weighted by Gasteiger charge is 2.30. The van der Waals surface area contributed by atoms with E-state index < -0.39 is 0 Å². The van der Waals surface area contributed by atoms with Crippen molar-refractivity contribution in [3.05, 3.63) is 0 Å². The minimum atomic E-state index is 0.993. The molecule has 0 aromatic rings. The number of aliphatic hydroxyl groups excluding tert-OH is 1. The number of hydrogen-bond acceptors (Lipinski definition) is 2. The van der Waals surface area contributed by atoms with Crippen molar-refractivity contribution in [2.75, 3.05) is 26.7 Å². The van der Waals surface area contributed by atoms with Crippen molar-refractivity contribution in [2.24, 2.45) is 11.8 Å². The summed E-state index contributed by atoms with van der Waals surface area (Å²) in [6.07, 6.45) is 2.95. The Bertz CT molecular complexity index is 108. The third-order valence-electron chi connectivity index (χ3n) is 2.98. The molecule has 3 aliphatic heterocycles. The zero-order valence-electron chi connectivity index (χ0n) is 7.58. The van der Waals surface area contributed by atoms with E-state index in [1.165, 1.54) is 32.5 Å². The molecule has 3 saturated heterocycles. The van der Waals surface area contributed by atoms with Crippen LogP contribution < -0.4 is 0 Å². The Morgan fingerprint density at radius 3 is 1.91 bits per heavy atom. The summed E-state index contributed by atoms with van der Waals surface area (Å²) < 4.78 is 0. The lowest BCUT2D eigenvalue weighted by molar-refractivity contribution is 0.0603. The van der Waals surface area contributed by atoms with Crippen LogP contribution in [-0.2, 0) is 0 Å². The number of aliphatic hydroxyl groups is 1. The largest absolute Gasteiger partial charge is 0.400 e. The summed E-state index contributed by atoms with van der Waals surface area (Å²) in [7, 11) is 1.00. The first-order chi connectivity index (χ1) is 5.36. The van der Waals surface area contributed by atoms with E-state index >= 15 is 0 Å². The van der Waals surface area contributed by atoms with Crippen LogP contribution in [0.15, 0.2) is 0 Å². The van der Waals surface area contributed by atoms with Gasteiger partial charge in [-0.2, -0.15) is 0 Å². The fourth-order valence-corrected chi connectivity index (χ4v) is 2.26. The van der Waals surface area contributed by atoms with E-state index in [9.17, 15) is 0 Å². The van der Waals surface area contributed by atoms with Gasteiger partial charge in [0, 0.05) is 13.7 Å². The van der Waals surface area contributed by atoms with E-state index in [1.807, 2.05) is 0 Å². The van der Waals surface area contributed by atoms with E-state index in [-0.39, 0.29) is 0 Å². The van der Waals surface area contributed by atoms with Gasteiger partial charge < -0.3 is 10.0 Å². The van der Waals surface area contributed by atoms with Crippen molar-refractivity contribution >= 4 is 0 Å². The monoisotopic (exact) mass is 157 g/mol. The third-order valence-corrected chi connectivity index (χ3v) is 2.98. The van der Waals surface area contributed by atoms with Crippen LogP contribution in [0.2, 0.25) is 0 Å². The van der Waals surface area contributed by atoms with Crippen LogP contribution in [0.25, 0.3) is 0 Å². The molecule has 0 aromatic carbocycles. The van der Waals surface area contributed by atoms with Gasteiger partial charge in [-0.1, -0.05) is 6.92 Å². The summed E-state index contributed by atoms with van der Waals surface area (Å²) in [6, 6.07) is 0. The average Bonchev–Trinajstić information content (AvgIpc) is 2.10. The topological polar surface area (TPSA) is 23.5 Å². The summed E-state index contributed by atoms with van der Waals surface area (Å²) in [5.41, 5.74) is 0. The molecule has 3 fully saturated rings. The molecule has 3 aliphatic rings. The van der Waals surface area contributed by atoms with Gasteiger partial charge in [-0.25, -0.2) is 0 Å². The van der Waals surface area contributed by atoms with Gasteiger partial charge in [-0.15, -0.1) is 0 Å². The van der Waals surface area contributed by atoms with Gasteiger partial charge in [0.1, 0.15) is 0 Å². The lowest BCUT2D eigenvalue weighted by atomic mass is 9.80. The molecule has 0 radical (unpaired) electrons. The second kappa shape index (κ2) is 4.07. The molecule has 0 amide bonds. The molecule has 0 aromatic heterocycles. The lowest BCUT2D eigenvalue weighted by Crippen LogP contribution is -2.46. The van der Waals surface area contributed by atoms with E-state index in [0.29, 0.717) is 0 Å². The van der Waals surface area contributed by atoms with E-state index in [2.05, 4.69) is 11.8 Å². The molecule has 2 heteroatoms. The van der Waals surface area contributed by atoms with Gasteiger partial charge in [0.05, 0.1) is 0 Å². The molecule has 0 saturated carbocycles. The smallest absolute Gasteiger partial charge is 0.0319 e. The van der Waals surface area contributed by atoms with Gasteiger partial charge >= 0.3 is 0 Å². The van der Waals surface area contributed by atoms with Crippen LogP contribution in [0.4, 0.5) is 0 Å². The van der Waals surface area contributed by atoms with E-state index in [4.69, 9.17) is 5.11 Å². The number of rotatable bonds is 0. The molecule has 2 nitrogen and oxygen atoms in total. The van der Waals surface area contributed by atoms with Gasteiger partial charge in [0.25, 0.3) is 0 Å². The Morgan fingerprint density at radius 2 is 1.73 bits per heavy atom. The molecule has 3 rings (SSSR count). The predicted octanol–water partition coefficient (Wildman–Crippen LogP) is 0.957. The molecule has 2 bridgehead atoms. The van der Waals surface area contributed by atoms with E-state index in [0.717, 1.165) is 18.9 Å². The summed E-state index contributed by atoms with van der Waals surface area (Å²) in [5.74, 6) is 2.07. The second-order valence-electron chi connectivity index (χ2n) is 3.62. The van der Waals surface area contributed by atoms with Crippen molar-refractivity contribution in [3.8, 4) is 0 Å². The molecule has 1 atom stereocenters. The SMILES string of the molecule is CC1CN2CCC1CC2.CO. The van der Waals surface area contributed by atoms with Crippen molar-refractivity contribution in [2.45, 2.75) is 19.8 Å². The lowest BCUT2D eigenvalue weighted by Gasteiger charge is -2.43. The number of fused-ring (bicyclic) bond motifs is 3. The van der Waals surface area contributed by atoms with Crippen molar-refractivity contribution < 1.29 is 5.11 Å². The molecular weight excluding hydrogens is 138 g/mol. The van der Waals surface area contributed by atoms with E-state index in [1.54, 1.807) is 0 Å². The molecular formula is C9H19NO. The van der Waals surface area contributed by atoms with Crippen LogP contribution in [0.1, 0.15) is 19.8 Å². The number of hydrogen-bond donors (Lipinski definition) is 1. The molecule has 3 heterocycles. The Hall–Kier alpha value is -0.0800. The molecule has 66 valence electrons. The quantitative estimate of drug-likeness (QED) is 0.566. The highest BCUT2D eigenvalue weighted by Crippen LogP contribution is 2.31. The molecule has 1 unspecified atom stereocenters. The number of piperidine rings is 3. The molecule has 0 aliphatic carbocycles. The van der Waals surface area contributed by atoms with Gasteiger partial charge in [0.15, 0.2) is 0 Å². The normalized spacial score (nSPS) is 41.2. The van der Waals surface area contributed by atoms with Crippen LogP contribution in [0, 0.1) is 11.8 Å². The van der Waals surface area contributed by atoms with Crippen LogP contribution in [0.5, 0.6) is 0 Å². The standard InChI is InChI=1S/C8H15N.CH4O/c1-7-6-9-4-2-8(7)3-5-9;1-2/h7-8H,2-6H2,1H3;2H,1H3. The zero-order chi connectivity index (χ0) is 8.27. The Balaban J connectivity index is 0.000000281. The minimum Gasteiger partial charge on any atom is -0.400 e. The predicted molar refractivity (Wildman–Crippen MR) is 46.5 cm³/mol. The maximum Gasteiger partial charge on any atom is 0.0319 e. The van der Waals surface area contributed by atoms with Crippen molar-refractivity contribution in [3.63, 3.8) is 0 Å². The Labute approximate surface area is 69.2 Å². The summed E-state index contributed by atoms with van der Waals surface area (Å²) >= 11 is 0. The first-order valence-electron chi connectivity index (χ1n) is 4.53. The first kappa shape index (κ1) is 9.01. The third kappa shape index (κ3) is 1.94. The first-order valence-corrected chi connectivity index (χ1v) is 4.53. The van der Waals surface area contributed by atoms with Gasteiger partial charge in [-0.05, 0) is 37.8 Å².